The Balaban J connectivity index is 2.63. The fourth-order valence-electron chi connectivity index (χ4n) is 1.13. The lowest BCUT2D eigenvalue weighted by Gasteiger charge is -2.04. The van der Waals surface area contributed by atoms with Crippen molar-refractivity contribution in [2.45, 2.75) is 20.4 Å². The molecule has 0 unspecified atom stereocenters. The highest BCUT2D eigenvalue weighted by Crippen LogP contribution is 1.98. The van der Waals surface area contributed by atoms with Crippen LogP contribution in [0.3, 0.4) is 0 Å². The molecule has 0 atom stereocenters. The van der Waals surface area contributed by atoms with E-state index in [1.165, 1.54) is 0 Å². The van der Waals surface area contributed by atoms with Gasteiger partial charge in [-0.15, -0.1) is 0 Å². The number of hydrogen-bond donors (Lipinski definition) is 2. The predicted molar refractivity (Wildman–Crippen MR) is 52.4 cm³/mol. The van der Waals surface area contributed by atoms with E-state index < -0.39 is 0 Å². The van der Waals surface area contributed by atoms with Gasteiger partial charge >= 0.3 is 0 Å². The molecule has 0 bridgehead atoms. The summed E-state index contributed by atoms with van der Waals surface area (Å²) in [5.74, 6) is 0.414. The zero-order valence-corrected chi connectivity index (χ0v) is 8.37. The van der Waals surface area contributed by atoms with Gasteiger partial charge in [0, 0.05) is 11.4 Å². The van der Waals surface area contributed by atoms with Crippen LogP contribution in [0.25, 0.3) is 0 Å². The molecule has 0 aliphatic carbocycles. The minimum Gasteiger partial charge on any atom is -0.348 e. The number of nitrogens with two attached hydrogens (primary N) is 1. The number of carbonyl (C=O) groups is 1. The normalized spacial score (nSPS) is 9.93. The molecule has 0 aliphatic heterocycles. The first-order chi connectivity index (χ1) is 6.61. The molecule has 0 saturated heterocycles. The molecule has 14 heavy (non-hydrogen) atoms. The fraction of sp³-hybridized carbons (Fsp3) is 0.444. The van der Waals surface area contributed by atoms with E-state index in [4.69, 9.17) is 5.73 Å². The van der Waals surface area contributed by atoms with Gasteiger partial charge in [0.25, 0.3) is 0 Å². The molecular weight excluding hydrogens is 180 g/mol. The summed E-state index contributed by atoms with van der Waals surface area (Å²) < 4.78 is 0. The molecule has 0 saturated carbocycles. The summed E-state index contributed by atoms with van der Waals surface area (Å²) >= 11 is 0. The Hall–Kier alpha value is -1.49. The Morgan fingerprint density at radius 2 is 2.00 bits per heavy atom. The summed E-state index contributed by atoms with van der Waals surface area (Å²) in [6, 6.07) is 1.88. The summed E-state index contributed by atoms with van der Waals surface area (Å²) in [4.78, 5) is 19.2. The number of amides is 1. The molecule has 3 N–H and O–H groups in total. The third kappa shape index (κ3) is 3.10. The Labute approximate surface area is 82.7 Å². The van der Waals surface area contributed by atoms with Gasteiger partial charge in [-0.3, -0.25) is 4.79 Å². The van der Waals surface area contributed by atoms with Crippen LogP contribution in [0.4, 0.5) is 0 Å². The molecule has 0 radical (unpaired) electrons. The quantitative estimate of drug-likeness (QED) is 0.690. The van der Waals surface area contributed by atoms with Crippen LogP contribution in [-0.2, 0) is 11.3 Å². The SMILES string of the molecule is Cc1cc(C)nc(CNC(=O)CN)n1. The average molecular weight is 194 g/mol. The number of nitrogens with zero attached hydrogens (tertiary/aromatic N) is 2. The third-order valence-electron chi connectivity index (χ3n) is 1.66. The van der Waals surface area contributed by atoms with Crippen molar-refractivity contribution >= 4 is 5.91 Å². The Morgan fingerprint density at radius 1 is 1.43 bits per heavy atom. The lowest BCUT2D eigenvalue weighted by Crippen LogP contribution is -2.30. The van der Waals surface area contributed by atoms with E-state index >= 15 is 0 Å². The van der Waals surface area contributed by atoms with Gasteiger partial charge in [-0.1, -0.05) is 0 Å². The molecule has 0 spiro atoms. The molecule has 0 aliphatic rings. The largest absolute Gasteiger partial charge is 0.348 e. The second kappa shape index (κ2) is 4.66. The number of hydrogen-bond acceptors (Lipinski definition) is 4. The van der Waals surface area contributed by atoms with Crippen LogP contribution in [-0.4, -0.2) is 22.4 Å². The fourth-order valence-corrected chi connectivity index (χ4v) is 1.13. The topological polar surface area (TPSA) is 80.9 Å². The van der Waals surface area contributed by atoms with Gasteiger partial charge in [0.1, 0.15) is 5.82 Å². The first kappa shape index (κ1) is 10.6. The van der Waals surface area contributed by atoms with Gasteiger partial charge in [0.05, 0.1) is 13.1 Å². The first-order valence-electron chi connectivity index (χ1n) is 4.39. The summed E-state index contributed by atoms with van der Waals surface area (Å²) in [6.45, 7) is 4.11. The van der Waals surface area contributed by atoms with E-state index in [0.717, 1.165) is 11.4 Å². The van der Waals surface area contributed by atoms with E-state index in [0.29, 0.717) is 12.4 Å². The van der Waals surface area contributed by atoms with Crippen LogP contribution in [0.2, 0.25) is 0 Å². The zero-order valence-electron chi connectivity index (χ0n) is 8.37. The highest BCUT2D eigenvalue weighted by Gasteiger charge is 2.01. The summed E-state index contributed by atoms with van der Waals surface area (Å²) in [7, 11) is 0. The van der Waals surface area contributed by atoms with E-state index in [2.05, 4.69) is 15.3 Å². The van der Waals surface area contributed by atoms with Crippen molar-refractivity contribution < 1.29 is 4.79 Å². The van der Waals surface area contributed by atoms with Crippen molar-refractivity contribution in [2.75, 3.05) is 6.54 Å². The van der Waals surface area contributed by atoms with Gasteiger partial charge in [-0.25, -0.2) is 9.97 Å². The van der Waals surface area contributed by atoms with Gasteiger partial charge in [0.2, 0.25) is 5.91 Å². The molecule has 5 nitrogen and oxygen atoms in total. The van der Waals surface area contributed by atoms with Gasteiger partial charge < -0.3 is 11.1 Å². The van der Waals surface area contributed by atoms with Crippen LogP contribution in [0.15, 0.2) is 6.07 Å². The molecule has 5 heteroatoms. The molecule has 1 amide bonds. The van der Waals surface area contributed by atoms with Crippen molar-refractivity contribution in [3.8, 4) is 0 Å². The smallest absolute Gasteiger partial charge is 0.234 e. The second-order valence-corrected chi connectivity index (χ2v) is 3.05. The maximum atomic E-state index is 10.9. The van der Waals surface area contributed by atoms with Crippen molar-refractivity contribution in [1.29, 1.82) is 0 Å². The van der Waals surface area contributed by atoms with Crippen molar-refractivity contribution in [2.24, 2.45) is 5.73 Å². The number of nitrogens with one attached hydrogen (secondary N) is 1. The molecule has 1 rings (SSSR count). The molecule has 76 valence electrons. The van der Waals surface area contributed by atoms with Gasteiger partial charge in [-0.2, -0.15) is 0 Å². The van der Waals surface area contributed by atoms with Crippen LogP contribution < -0.4 is 11.1 Å². The molecule has 0 aromatic carbocycles. The standard InChI is InChI=1S/C9H14N4O/c1-6-3-7(2)13-8(12-6)5-11-9(14)4-10/h3H,4-5,10H2,1-2H3,(H,11,14). The molecule has 1 heterocycles. The van der Waals surface area contributed by atoms with E-state index in [1.807, 2.05) is 19.9 Å². The van der Waals surface area contributed by atoms with Gasteiger partial charge in [0.15, 0.2) is 0 Å². The van der Waals surface area contributed by atoms with E-state index in [-0.39, 0.29) is 12.5 Å². The number of carbonyl (C=O) groups excluding carboxylic acids is 1. The van der Waals surface area contributed by atoms with Crippen LogP contribution in [0, 0.1) is 13.8 Å². The Morgan fingerprint density at radius 3 is 2.50 bits per heavy atom. The van der Waals surface area contributed by atoms with E-state index in [1.54, 1.807) is 0 Å². The average Bonchev–Trinajstić information content (AvgIpc) is 2.12. The maximum absolute atomic E-state index is 10.9. The monoisotopic (exact) mass is 194 g/mol. The van der Waals surface area contributed by atoms with Crippen molar-refractivity contribution in [3.63, 3.8) is 0 Å². The van der Waals surface area contributed by atoms with Gasteiger partial charge in [-0.05, 0) is 19.9 Å². The number of aryl methyl sites for hydroxylation is 2. The lowest BCUT2D eigenvalue weighted by molar-refractivity contribution is -0.119. The van der Waals surface area contributed by atoms with Crippen molar-refractivity contribution in [1.82, 2.24) is 15.3 Å². The highest BCUT2D eigenvalue weighted by molar-refractivity contribution is 5.77. The minimum atomic E-state index is -0.201. The lowest BCUT2D eigenvalue weighted by atomic mass is 10.3. The van der Waals surface area contributed by atoms with Crippen LogP contribution >= 0.6 is 0 Å². The van der Waals surface area contributed by atoms with Crippen molar-refractivity contribution in [3.05, 3.63) is 23.3 Å². The Kier molecular flexibility index (Phi) is 3.53. The maximum Gasteiger partial charge on any atom is 0.234 e. The first-order valence-corrected chi connectivity index (χ1v) is 4.39. The predicted octanol–water partition coefficient (Wildman–Crippen LogP) is -0.332. The van der Waals surface area contributed by atoms with Crippen LogP contribution in [0.1, 0.15) is 17.2 Å². The zero-order chi connectivity index (χ0) is 10.6. The number of aromatic nitrogens is 2. The minimum absolute atomic E-state index is 0.00913. The number of rotatable bonds is 3. The Bertz CT molecular complexity index is 317. The second-order valence-electron chi connectivity index (χ2n) is 3.05. The third-order valence-corrected chi connectivity index (χ3v) is 1.66. The van der Waals surface area contributed by atoms with E-state index in [9.17, 15) is 4.79 Å². The summed E-state index contributed by atoms with van der Waals surface area (Å²) in [6.07, 6.45) is 0. The molecule has 1 aromatic heterocycles. The highest BCUT2D eigenvalue weighted by atomic mass is 16.1. The molecular formula is C9H14N4O. The summed E-state index contributed by atoms with van der Waals surface area (Å²) in [5, 5.41) is 2.61. The summed E-state index contributed by atoms with van der Waals surface area (Å²) in [5.41, 5.74) is 6.94. The molecule has 0 fully saturated rings. The van der Waals surface area contributed by atoms with Crippen LogP contribution in [0.5, 0.6) is 0 Å². The molecule has 1 aromatic rings.